The number of nitrogens with zero attached hydrogens (tertiary/aromatic N) is 3. The third-order valence-electron chi connectivity index (χ3n) is 6.22. The number of carbonyl (C=O) groups excluding carboxylic acids is 2. The molecule has 3 atom stereocenters. The summed E-state index contributed by atoms with van der Waals surface area (Å²) in [7, 11) is 0. The van der Waals surface area contributed by atoms with Crippen LogP contribution < -0.4 is 5.32 Å². The van der Waals surface area contributed by atoms with Gasteiger partial charge in [-0.05, 0) is 24.5 Å². The van der Waals surface area contributed by atoms with Crippen LogP contribution >= 0.6 is 0 Å². The molecule has 0 spiro atoms. The second kappa shape index (κ2) is 8.41. The van der Waals surface area contributed by atoms with E-state index in [4.69, 9.17) is 9.47 Å². The highest BCUT2D eigenvalue weighted by Crippen LogP contribution is 2.33. The average Bonchev–Trinajstić information content (AvgIpc) is 3.54. The Morgan fingerprint density at radius 3 is 2.67 bits per heavy atom. The lowest BCUT2D eigenvalue weighted by Gasteiger charge is -2.38. The van der Waals surface area contributed by atoms with Gasteiger partial charge in [-0.15, -0.1) is 0 Å². The summed E-state index contributed by atoms with van der Waals surface area (Å²) in [5, 5.41) is 6.44. The lowest BCUT2D eigenvalue weighted by molar-refractivity contribution is -0.159. The molecule has 5 rings (SSSR count). The fraction of sp³-hybridized carbons (Fsp3) is 0.524. The zero-order valence-electron chi connectivity index (χ0n) is 17.4. The Balaban J connectivity index is 1.34. The zero-order valence-corrected chi connectivity index (χ0v) is 17.4. The van der Waals surface area contributed by atoms with Gasteiger partial charge in [0.15, 0.2) is 0 Å². The summed E-state index contributed by atoms with van der Waals surface area (Å²) < 4.78 is 53.5. The maximum Gasteiger partial charge on any atom is 0.471 e. The third kappa shape index (κ3) is 4.20. The highest BCUT2D eigenvalue weighted by molar-refractivity contribution is 5.99. The minimum atomic E-state index is -4.75. The van der Waals surface area contributed by atoms with Gasteiger partial charge in [0.05, 0.1) is 31.2 Å². The molecule has 2 fully saturated rings. The van der Waals surface area contributed by atoms with Crippen LogP contribution in [0, 0.1) is 5.92 Å². The van der Waals surface area contributed by atoms with Gasteiger partial charge >= 0.3 is 12.1 Å². The molecule has 0 unspecified atom stereocenters. The number of halogens is 3. The molecule has 12 heteroatoms. The Kier molecular flexibility index (Phi) is 5.57. The molecule has 1 aromatic carbocycles. The van der Waals surface area contributed by atoms with Gasteiger partial charge in [-0.25, -0.2) is 0 Å². The van der Waals surface area contributed by atoms with Crippen molar-refractivity contribution in [3.8, 4) is 11.4 Å². The second-order valence-corrected chi connectivity index (χ2v) is 8.33. The molecule has 176 valence electrons. The molecular weight excluding hydrogens is 445 g/mol. The van der Waals surface area contributed by atoms with Crippen LogP contribution in [0.3, 0.4) is 0 Å². The van der Waals surface area contributed by atoms with Crippen molar-refractivity contribution < 1.29 is 36.8 Å². The lowest BCUT2D eigenvalue weighted by atomic mass is 10.00. The number of alkyl halides is 3. The van der Waals surface area contributed by atoms with Crippen LogP contribution in [-0.4, -0.2) is 65.4 Å². The second-order valence-electron chi connectivity index (χ2n) is 8.33. The number of rotatable bonds is 4. The van der Waals surface area contributed by atoms with Gasteiger partial charge in [0.1, 0.15) is 0 Å². The van der Waals surface area contributed by atoms with Gasteiger partial charge in [0.2, 0.25) is 11.7 Å². The predicted molar refractivity (Wildman–Crippen MR) is 105 cm³/mol. The molecular formula is C21H21F3N4O5. The Labute approximate surface area is 186 Å². The number of hydrogen-bond donors (Lipinski definition) is 1. The van der Waals surface area contributed by atoms with E-state index in [1.54, 1.807) is 17.0 Å². The molecule has 0 saturated carbocycles. The number of ether oxygens (including phenoxy) is 2. The van der Waals surface area contributed by atoms with Crippen LogP contribution in [-0.2, 0) is 27.0 Å². The summed E-state index contributed by atoms with van der Waals surface area (Å²) in [4.78, 5) is 30.9. The third-order valence-corrected chi connectivity index (χ3v) is 6.22. The summed E-state index contributed by atoms with van der Waals surface area (Å²) in [5.41, 5.74) is 1.32. The SMILES string of the molecule is O=C(N[C@@H]1CCOC[C@H]1N1Cc2ccc(-c3noc(C(F)(F)F)n3)cc2C1=O)[C@@H]1CCOC1. The molecule has 1 N–H and O–H groups in total. The first-order chi connectivity index (χ1) is 15.8. The number of hydrogen-bond acceptors (Lipinski definition) is 7. The first-order valence-corrected chi connectivity index (χ1v) is 10.6. The molecule has 1 aromatic heterocycles. The Morgan fingerprint density at radius 2 is 1.94 bits per heavy atom. The van der Waals surface area contributed by atoms with Crippen molar-refractivity contribution in [1.29, 1.82) is 0 Å². The first kappa shape index (κ1) is 21.8. The fourth-order valence-electron chi connectivity index (χ4n) is 4.43. The number of amides is 2. The van der Waals surface area contributed by atoms with Crippen LogP contribution in [0.4, 0.5) is 13.2 Å². The smallest absolute Gasteiger partial charge is 0.381 e. The summed E-state index contributed by atoms with van der Waals surface area (Å²) in [6.07, 6.45) is -3.51. The minimum absolute atomic E-state index is 0.0894. The molecule has 33 heavy (non-hydrogen) atoms. The van der Waals surface area contributed by atoms with Crippen molar-refractivity contribution in [3.63, 3.8) is 0 Å². The molecule has 2 amide bonds. The fourth-order valence-corrected chi connectivity index (χ4v) is 4.43. The average molecular weight is 466 g/mol. The van der Waals surface area contributed by atoms with E-state index < -0.39 is 12.1 Å². The number of fused-ring (bicyclic) bond motifs is 1. The zero-order chi connectivity index (χ0) is 23.2. The van der Waals surface area contributed by atoms with Gasteiger partial charge in [0.25, 0.3) is 5.91 Å². The van der Waals surface area contributed by atoms with Crippen LogP contribution in [0.15, 0.2) is 22.7 Å². The maximum absolute atomic E-state index is 13.2. The first-order valence-electron chi connectivity index (χ1n) is 10.6. The van der Waals surface area contributed by atoms with Gasteiger partial charge in [-0.3, -0.25) is 9.59 Å². The van der Waals surface area contributed by atoms with E-state index in [0.717, 1.165) is 5.56 Å². The topological polar surface area (TPSA) is 107 Å². The van der Waals surface area contributed by atoms with Crippen molar-refractivity contribution >= 4 is 11.8 Å². The monoisotopic (exact) mass is 466 g/mol. The number of nitrogens with one attached hydrogen (secondary N) is 1. The van der Waals surface area contributed by atoms with Crippen molar-refractivity contribution in [2.24, 2.45) is 5.92 Å². The van der Waals surface area contributed by atoms with Gasteiger partial charge in [0, 0.05) is 30.9 Å². The van der Waals surface area contributed by atoms with Crippen molar-refractivity contribution in [1.82, 2.24) is 20.4 Å². The number of benzene rings is 1. The molecule has 2 aromatic rings. The lowest BCUT2D eigenvalue weighted by Crippen LogP contribution is -2.57. The van der Waals surface area contributed by atoms with E-state index in [2.05, 4.69) is 20.0 Å². The van der Waals surface area contributed by atoms with Crippen LogP contribution in [0.2, 0.25) is 0 Å². The summed E-state index contributed by atoms with van der Waals surface area (Å²) in [6.45, 7) is 2.01. The molecule has 3 aliphatic rings. The van der Waals surface area contributed by atoms with Crippen LogP contribution in [0.5, 0.6) is 0 Å². The van der Waals surface area contributed by atoms with E-state index in [1.807, 2.05) is 0 Å². The standard InChI is InChI=1S/C21H21F3N4O5/c22-21(23,24)20-26-17(27-33-20)11-1-2-12-8-28(19(30)14(12)7-11)16-10-32-6-4-15(16)25-18(29)13-3-5-31-9-13/h1-2,7,13,15-16H,3-6,8-10H2,(H,25,29)/t13-,15-,16-/m1/s1. The highest BCUT2D eigenvalue weighted by Gasteiger charge is 2.41. The summed E-state index contributed by atoms with van der Waals surface area (Å²) in [6, 6.07) is 4.05. The van der Waals surface area contributed by atoms with E-state index in [0.29, 0.717) is 44.8 Å². The van der Waals surface area contributed by atoms with E-state index in [9.17, 15) is 22.8 Å². The molecule has 9 nitrogen and oxygen atoms in total. The quantitative estimate of drug-likeness (QED) is 0.735. The minimum Gasteiger partial charge on any atom is -0.381 e. The summed E-state index contributed by atoms with van der Waals surface area (Å²) >= 11 is 0. The maximum atomic E-state index is 13.2. The Bertz CT molecular complexity index is 1070. The molecule has 0 aliphatic carbocycles. The largest absolute Gasteiger partial charge is 0.471 e. The van der Waals surface area contributed by atoms with Crippen LogP contribution in [0.25, 0.3) is 11.4 Å². The predicted octanol–water partition coefficient (Wildman–Crippen LogP) is 2.02. The number of aromatic nitrogens is 2. The molecule has 0 radical (unpaired) electrons. The Morgan fingerprint density at radius 1 is 1.15 bits per heavy atom. The van der Waals surface area contributed by atoms with Gasteiger partial charge in [-0.1, -0.05) is 17.3 Å². The van der Waals surface area contributed by atoms with Crippen molar-refractivity contribution in [2.45, 2.75) is 37.6 Å². The van der Waals surface area contributed by atoms with E-state index >= 15 is 0 Å². The van der Waals surface area contributed by atoms with Gasteiger partial charge < -0.3 is 24.2 Å². The summed E-state index contributed by atoms with van der Waals surface area (Å²) in [5.74, 6) is -2.27. The molecule has 2 saturated heterocycles. The van der Waals surface area contributed by atoms with E-state index in [-0.39, 0.29) is 47.8 Å². The highest BCUT2D eigenvalue weighted by atomic mass is 19.4. The number of carbonyl (C=O) groups is 2. The normalized spacial score (nSPS) is 25.4. The molecule has 0 bridgehead atoms. The van der Waals surface area contributed by atoms with E-state index in [1.165, 1.54) is 6.07 Å². The van der Waals surface area contributed by atoms with Crippen molar-refractivity contribution in [2.75, 3.05) is 26.4 Å². The van der Waals surface area contributed by atoms with Crippen molar-refractivity contribution in [3.05, 3.63) is 35.2 Å². The molecule has 4 heterocycles. The Hall–Kier alpha value is -2.99. The molecule has 3 aliphatic heterocycles. The van der Waals surface area contributed by atoms with Crippen LogP contribution in [0.1, 0.15) is 34.7 Å². The van der Waals surface area contributed by atoms with Gasteiger partial charge in [-0.2, -0.15) is 18.2 Å².